The summed E-state index contributed by atoms with van der Waals surface area (Å²) in [5.41, 5.74) is 6.11. The maximum atomic E-state index is 11.9. The zero-order valence-corrected chi connectivity index (χ0v) is 9.95. The van der Waals surface area contributed by atoms with Gasteiger partial charge in [-0.1, -0.05) is 0 Å². The lowest BCUT2D eigenvalue weighted by Crippen LogP contribution is -2.24. The first-order valence-electron chi connectivity index (χ1n) is 5.22. The van der Waals surface area contributed by atoms with Gasteiger partial charge >= 0.3 is 6.36 Å². The summed E-state index contributed by atoms with van der Waals surface area (Å²) >= 11 is 0. The van der Waals surface area contributed by atoms with Crippen molar-refractivity contribution in [1.82, 2.24) is 0 Å². The molecule has 0 saturated heterocycles. The Balaban J connectivity index is 2.66. The van der Waals surface area contributed by atoms with Gasteiger partial charge in [0.25, 0.3) is 0 Å². The molecule has 0 aliphatic rings. The highest BCUT2D eigenvalue weighted by Crippen LogP contribution is 2.23. The maximum absolute atomic E-state index is 11.9. The van der Waals surface area contributed by atoms with Crippen molar-refractivity contribution in [2.75, 3.05) is 5.32 Å². The largest absolute Gasteiger partial charge is 0.573 e. The van der Waals surface area contributed by atoms with E-state index >= 15 is 0 Å². The number of nitrogens with zero attached hydrogens (tertiary/aromatic N) is 1. The zero-order valence-electron chi connectivity index (χ0n) is 9.95. The summed E-state index contributed by atoms with van der Waals surface area (Å²) in [5, 5.41) is 2.75. The van der Waals surface area contributed by atoms with Crippen LogP contribution in [0.25, 0.3) is 0 Å². The first-order chi connectivity index (χ1) is 8.26. The van der Waals surface area contributed by atoms with E-state index in [1.54, 1.807) is 0 Å². The Bertz CT molecular complexity index is 413. The number of ether oxygens (including phenoxy) is 1. The molecule has 0 spiro atoms. The quantitative estimate of drug-likeness (QED) is 0.649. The molecule has 0 heterocycles. The molecule has 1 rings (SSSR count). The van der Waals surface area contributed by atoms with Crippen molar-refractivity contribution < 1.29 is 17.9 Å². The van der Waals surface area contributed by atoms with Crippen molar-refractivity contribution in [3.05, 3.63) is 24.3 Å². The summed E-state index contributed by atoms with van der Waals surface area (Å²) in [4.78, 5) is 4.03. The lowest BCUT2D eigenvalue weighted by atomic mass is 10.3. The lowest BCUT2D eigenvalue weighted by Gasteiger charge is -2.10. The fourth-order valence-corrected chi connectivity index (χ4v) is 1.20. The third-order valence-electron chi connectivity index (χ3n) is 1.76. The molecule has 0 saturated carbocycles. The molecule has 1 aromatic carbocycles. The Kier molecular flexibility index (Phi) is 4.41. The Morgan fingerprint density at radius 3 is 2.28 bits per heavy atom. The number of hydrogen-bond acceptors (Lipinski definition) is 2. The molecule has 0 radical (unpaired) electrons. The van der Waals surface area contributed by atoms with Gasteiger partial charge in [-0.2, -0.15) is 0 Å². The molecule has 0 aliphatic carbocycles. The summed E-state index contributed by atoms with van der Waals surface area (Å²) in [6.45, 7) is 3.71. The number of hydrogen-bond donors (Lipinski definition) is 2. The van der Waals surface area contributed by atoms with E-state index in [1.807, 2.05) is 13.8 Å². The van der Waals surface area contributed by atoms with E-state index in [0.717, 1.165) is 0 Å². The number of alkyl halides is 3. The number of rotatable bonds is 3. The van der Waals surface area contributed by atoms with Gasteiger partial charge in [-0.15, -0.1) is 13.2 Å². The molecule has 4 nitrogen and oxygen atoms in total. The second-order valence-electron chi connectivity index (χ2n) is 3.81. The van der Waals surface area contributed by atoms with Gasteiger partial charge in [0, 0.05) is 11.7 Å². The fraction of sp³-hybridized carbons (Fsp3) is 0.364. The smallest absolute Gasteiger partial charge is 0.406 e. The normalized spacial score (nSPS) is 12.7. The van der Waals surface area contributed by atoms with E-state index in [1.165, 1.54) is 24.3 Å². The van der Waals surface area contributed by atoms with Crippen LogP contribution in [0.5, 0.6) is 5.75 Å². The molecule has 0 bridgehead atoms. The Hall–Kier alpha value is -1.92. The van der Waals surface area contributed by atoms with Gasteiger partial charge < -0.3 is 15.8 Å². The summed E-state index contributed by atoms with van der Waals surface area (Å²) in [5.74, 6) is -0.0816. The SMILES string of the molecule is CC(C)N=C(N)Nc1ccc(OC(F)(F)F)cc1. The van der Waals surface area contributed by atoms with E-state index in [2.05, 4.69) is 15.0 Å². The Morgan fingerprint density at radius 1 is 1.28 bits per heavy atom. The van der Waals surface area contributed by atoms with Crippen molar-refractivity contribution in [1.29, 1.82) is 0 Å². The summed E-state index contributed by atoms with van der Waals surface area (Å²) in [7, 11) is 0. The number of nitrogens with one attached hydrogen (secondary N) is 1. The predicted molar refractivity (Wildman–Crippen MR) is 63.5 cm³/mol. The van der Waals surface area contributed by atoms with Crippen molar-refractivity contribution in [2.24, 2.45) is 10.7 Å². The van der Waals surface area contributed by atoms with Crippen LogP contribution in [0, 0.1) is 0 Å². The highest BCUT2D eigenvalue weighted by atomic mass is 19.4. The van der Waals surface area contributed by atoms with Crippen LogP contribution in [0.1, 0.15) is 13.8 Å². The molecule has 18 heavy (non-hydrogen) atoms. The van der Waals surface area contributed by atoms with Gasteiger partial charge in [0.15, 0.2) is 5.96 Å². The molecule has 0 aliphatic heterocycles. The van der Waals surface area contributed by atoms with Gasteiger partial charge in [-0.25, -0.2) is 0 Å². The molecule has 0 amide bonds. The highest BCUT2D eigenvalue weighted by Gasteiger charge is 2.30. The number of anilines is 1. The molecular weight excluding hydrogens is 247 g/mol. The molecule has 0 atom stereocenters. The van der Waals surface area contributed by atoms with Crippen LogP contribution in [0.15, 0.2) is 29.3 Å². The number of nitrogens with two attached hydrogens (primary N) is 1. The highest BCUT2D eigenvalue weighted by molar-refractivity contribution is 5.92. The van der Waals surface area contributed by atoms with Gasteiger partial charge in [0.2, 0.25) is 0 Å². The minimum Gasteiger partial charge on any atom is -0.406 e. The molecule has 0 unspecified atom stereocenters. The zero-order chi connectivity index (χ0) is 13.8. The van der Waals surface area contributed by atoms with Crippen molar-refractivity contribution >= 4 is 11.6 Å². The van der Waals surface area contributed by atoms with Crippen LogP contribution in [0.3, 0.4) is 0 Å². The molecular formula is C11H14F3N3O. The van der Waals surface area contributed by atoms with Crippen molar-refractivity contribution in [3.63, 3.8) is 0 Å². The van der Waals surface area contributed by atoms with Crippen LogP contribution in [-0.4, -0.2) is 18.4 Å². The predicted octanol–water partition coefficient (Wildman–Crippen LogP) is 2.72. The number of benzene rings is 1. The van der Waals surface area contributed by atoms with Crippen molar-refractivity contribution in [2.45, 2.75) is 26.3 Å². The minimum absolute atomic E-state index is 0.0327. The van der Waals surface area contributed by atoms with E-state index in [0.29, 0.717) is 5.69 Å². The van der Waals surface area contributed by atoms with Crippen LogP contribution in [0.4, 0.5) is 18.9 Å². The Morgan fingerprint density at radius 2 is 1.83 bits per heavy atom. The van der Waals surface area contributed by atoms with Gasteiger partial charge in [0.05, 0.1) is 0 Å². The van der Waals surface area contributed by atoms with Gasteiger partial charge in [-0.05, 0) is 38.1 Å². The lowest BCUT2D eigenvalue weighted by molar-refractivity contribution is -0.274. The van der Waals surface area contributed by atoms with Gasteiger partial charge in [0.1, 0.15) is 5.75 Å². The standard InChI is InChI=1S/C11H14F3N3O/c1-7(2)16-10(15)17-8-3-5-9(6-4-8)18-11(12,13)14/h3-7H,1-2H3,(H3,15,16,17). The van der Waals surface area contributed by atoms with Crippen LogP contribution in [-0.2, 0) is 0 Å². The van der Waals surface area contributed by atoms with Crippen LogP contribution in [0.2, 0.25) is 0 Å². The third-order valence-corrected chi connectivity index (χ3v) is 1.76. The second-order valence-corrected chi connectivity index (χ2v) is 3.81. The molecule has 1 aromatic rings. The fourth-order valence-electron chi connectivity index (χ4n) is 1.20. The first-order valence-corrected chi connectivity index (χ1v) is 5.22. The second kappa shape index (κ2) is 5.61. The summed E-state index contributed by atoms with van der Waals surface area (Å²) in [6.07, 6.45) is -4.69. The monoisotopic (exact) mass is 261 g/mol. The number of halogens is 3. The Labute approximate surface area is 103 Å². The van der Waals surface area contributed by atoms with E-state index in [-0.39, 0.29) is 17.8 Å². The molecule has 0 aromatic heterocycles. The van der Waals surface area contributed by atoms with Gasteiger partial charge in [-0.3, -0.25) is 4.99 Å². The van der Waals surface area contributed by atoms with E-state index in [4.69, 9.17) is 5.73 Å². The average Bonchev–Trinajstić information content (AvgIpc) is 2.17. The molecule has 0 fully saturated rings. The van der Waals surface area contributed by atoms with Crippen LogP contribution >= 0.6 is 0 Å². The minimum atomic E-state index is -4.69. The molecule has 100 valence electrons. The van der Waals surface area contributed by atoms with Crippen LogP contribution < -0.4 is 15.8 Å². The average molecular weight is 261 g/mol. The summed E-state index contributed by atoms with van der Waals surface area (Å²) in [6, 6.07) is 5.26. The van der Waals surface area contributed by atoms with Crippen molar-refractivity contribution in [3.8, 4) is 5.75 Å². The molecule has 3 N–H and O–H groups in total. The first kappa shape index (κ1) is 14.1. The third kappa shape index (κ3) is 5.42. The summed E-state index contributed by atoms with van der Waals surface area (Å²) < 4.78 is 39.5. The maximum Gasteiger partial charge on any atom is 0.573 e. The molecule has 7 heteroatoms. The van der Waals surface area contributed by atoms with E-state index < -0.39 is 6.36 Å². The number of guanidine groups is 1. The van der Waals surface area contributed by atoms with E-state index in [9.17, 15) is 13.2 Å². The topological polar surface area (TPSA) is 59.6 Å². The number of aliphatic imine (C=N–C) groups is 1.